The summed E-state index contributed by atoms with van der Waals surface area (Å²) in [6.45, 7) is 0.304. The van der Waals surface area contributed by atoms with Gasteiger partial charge in [0.1, 0.15) is 17.9 Å². The smallest absolute Gasteiger partial charge is 0.342 e. The summed E-state index contributed by atoms with van der Waals surface area (Å²) in [5.74, 6) is 0.241. The number of carbonyl (C=O) groups excluding carboxylic acids is 1. The van der Waals surface area contributed by atoms with E-state index in [0.29, 0.717) is 17.9 Å². The number of rotatable bonds is 2. The summed E-state index contributed by atoms with van der Waals surface area (Å²) in [5, 5.41) is 0. The van der Waals surface area contributed by atoms with Crippen molar-refractivity contribution in [2.45, 2.75) is 0 Å². The lowest BCUT2D eigenvalue weighted by Gasteiger charge is -2.01. The van der Waals surface area contributed by atoms with Gasteiger partial charge in [-0.1, -0.05) is 30.3 Å². The highest BCUT2D eigenvalue weighted by Crippen LogP contribution is 2.32. The number of furan rings is 1. The molecule has 3 nitrogen and oxygen atoms in total. The predicted octanol–water partition coefficient (Wildman–Crippen LogP) is 2.75. The number of cyclic esters (lactones) is 1. The summed E-state index contributed by atoms with van der Waals surface area (Å²) < 4.78 is 10.4. The summed E-state index contributed by atoms with van der Waals surface area (Å²) >= 11 is 0. The Hall–Kier alpha value is -2.29. The highest BCUT2D eigenvalue weighted by Gasteiger charge is 2.28. The second-order valence-electron chi connectivity index (χ2n) is 3.77. The Bertz CT molecular complexity index is 565. The molecular weight excluding hydrogens is 216 g/mol. The molecule has 0 radical (unpaired) electrons. The molecule has 3 heteroatoms. The zero-order valence-corrected chi connectivity index (χ0v) is 9.05. The van der Waals surface area contributed by atoms with E-state index in [1.165, 1.54) is 0 Å². The Kier molecular flexibility index (Phi) is 2.29. The van der Waals surface area contributed by atoms with Crippen LogP contribution in [-0.2, 0) is 9.53 Å². The maximum Gasteiger partial charge on any atom is 0.342 e. The minimum Gasteiger partial charge on any atom is -0.464 e. The van der Waals surface area contributed by atoms with Crippen LogP contribution in [0.2, 0.25) is 0 Å². The van der Waals surface area contributed by atoms with Crippen molar-refractivity contribution >= 4 is 17.1 Å². The van der Waals surface area contributed by atoms with E-state index in [2.05, 4.69) is 0 Å². The van der Waals surface area contributed by atoms with Gasteiger partial charge in [-0.05, 0) is 17.7 Å². The van der Waals surface area contributed by atoms with Crippen molar-refractivity contribution < 1.29 is 13.9 Å². The fraction of sp³-hybridized carbons (Fsp3) is 0.0714. The van der Waals surface area contributed by atoms with Crippen LogP contribution in [0.3, 0.4) is 0 Å². The Balaban J connectivity index is 2.16. The van der Waals surface area contributed by atoms with E-state index in [1.807, 2.05) is 30.3 Å². The molecule has 0 atom stereocenters. The van der Waals surface area contributed by atoms with Gasteiger partial charge in [-0.15, -0.1) is 0 Å². The molecule has 0 N–H and O–H groups in total. The van der Waals surface area contributed by atoms with Gasteiger partial charge in [0, 0.05) is 5.57 Å². The third kappa shape index (κ3) is 1.65. The minimum atomic E-state index is -0.321. The van der Waals surface area contributed by atoms with Crippen LogP contribution in [0.5, 0.6) is 0 Å². The molecule has 3 rings (SSSR count). The number of hydrogen-bond donors (Lipinski definition) is 0. The lowest BCUT2D eigenvalue weighted by atomic mass is 10.0. The van der Waals surface area contributed by atoms with Gasteiger partial charge in [0.05, 0.1) is 6.26 Å². The lowest BCUT2D eigenvalue weighted by Crippen LogP contribution is -1.97. The van der Waals surface area contributed by atoms with Gasteiger partial charge in [-0.25, -0.2) is 4.79 Å². The van der Waals surface area contributed by atoms with Crippen molar-refractivity contribution in [1.82, 2.24) is 0 Å². The van der Waals surface area contributed by atoms with Gasteiger partial charge in [0.15, 0.2) is 0 Å². The van der Waals surface area contributed by atoms with Gasteiger partial charge in [-0.3, -0.25) is 0 Å². The predicted molar refractivity (Wildman–Crippen MR) is 62.9 cm³/mol. The van der Waals surface area contributed by atoms with E-state index < -0.39 is 0 Å². The first kappa shape index (κ1) is 9.90. The molecule has 2 heterocycles. The zero-order chi connectivity index (χ0) is 11.7. The molecular formula is C14H10O3. The number of benzene rings is 1. The lowest BCUT2D eigenvalue weighted by molar-refractivity contribution is -0.133. The molecule has 17 heavy (non-hydrogen) atoms. The first-order valence-corrected chi connectivity index (χ1v) is 5.36. The van der Waals surface area contributed by atoms with E-state index in [-0.39, 0.29) is 5.97 Å². The molecule has 0 unspecified atom stereocenters. The monoisotopic (exact) mass is 226 g/mol. The Morgan fingerprint density at radius 2 is 1.82 bits per heavy atom. The molecule has 84 valence electrons. The maximum absolute atomic E-state index is 11.7. The molecule has 0 aliphatic carbocycles. The van der Waals surface area contributed by atoms with Crippen LogP contribution in [0.15, 0.2) is 53.1 Å². The molecule has 1 aliphatic rings. The van der Waals surface area contributed by atoms with Crippen LogP contribution >= 0.6 is 0 Å². The second-order valence-corrected chi connectivity index (χ2v) is 3.77. The highest BCUT2D eigenvalue weighted by molar-refractivity contribution is 6.26. The Morgan fingerprint density at radius 3 is 2.53 bits per heavy atom. The average molecular weight is 226 g/mol. The van der Waals surface area contributed by atoms with Crippen LogP contribution in [-0.4, -0.2) is 12.6 Å². The quantitative estimate of drug-likeness (QED) is 0.739. The molecule has 0 amide bonds. The molecule has 0 saturated carbocycles. The van der Waals surface area contributed by atoms with Gasteiger partial charge in [0.2, 0.25) is 0 Å². The normalized spacial score (nSPS) is 15.2. The number of carbonyl (C=O) groups is 1. The van der Waals surface area contributed by atoms with Crippen LogP contribution < -0.4 is 0 Å². The topological polar surface area (TPSA) is 39.4 Å². The van der Waals surface area contributed by atoms with Crippen molar-refractivity contribution in [1.29, 1.82) is 0 Å². The Labute approximate surface area is 98.3 Å². The van der Waals surface area contributed by atoms with Crippen molar-refractivity contribution in [3.8, 4) is 0 Å². The summed E-state index contributed by atoms with van der Waals surface area (Å²) in [4.78, 5) is 11.7. The Morgan fingerprint density at radius 1 is 1.00 bits per heavy atom. The average Bonchev–Trinajstić information content (AvgIpc) is 2.99. The molecule has 0 saturated heterocycles. The van der Waals surface area contributed by atoms with Crippen molar-refractivity contribution in [3.05, 3.63) is 60.1 Å². The standard InChI is InChI=1S/C14H10O3/c15-14-13(12-7-4-8-16-12)11(9-17-14)10-5-2-1-3-6-10/h1-8H,9H2. The third-order valence-corrected chi connectivity index (χ3v) is 2.74. The van der Waals surface area contributed by atoms with Gasteiger partial charge < -0.3 is 9.15 Å². The summed E-state index contributed by atoms with van der Waals surface area (Å²) in [7, 11) is 0. The second kappa shape index (κ2) is 3.94. The minimum absolute atomic E-state index is 0.304. The van der Waals surface area contributed by atoms with Crippen LogP contribution in [0.25, 0.3) is 11.1 Å². The largest absolute Gasteiger partial charge is 0.464 e. The van der Waals surface area contributed by atoms with Crippen molar-refractivity contribution in [2.24, 2.45) is 0 Å². The molecule has 1 aromatic heterocycles. The van der Waals surface area contributed by atoms with E-state index >= 15 is 0 Å². The molecule has 0 spiro atoms. The molecule has 2 aromatic rings. The SMILES string of the molecule is O=C1OCC(c2ccccc2)=C1c1ccco1. The fourth-order valence-electron chi connectivity index (χ4n) is 1.94. The van der Waals surface area contributed by atoms with Crippen molar-refractivity contribution in [2.75, 3.05) is 6.61 Å². The van der Waals surface area contributed by atoms with E-state index in [1.54, 1.807) is 18.4 Å². The third-order valence-electron chi connectivity index (χ3n) is 2.74. The van der Waals surface area contributed by atoms with Crippen LogP contribution in [0.1, 0.15) is 11.3 Å². The molecule has 0 bridgehead atoms. The molecule has 1 aromatic carbocycles. The number of esters is 1. The zero-order valence-electron chi connectivity index (χ0n) is 9.05. The van der Waals surface area contributed by atoms with Gasteiger partial charge in [-0.2, -0.15) is 0 Å². The first-order chi connectivity index (χ1) is 8.36. The fourth-order valence-corrected chi connectivity index (χ4v) is 1.94. The maximum atomic E-state index is 11.7. The van der Waals surface area contributed by atoms with Gasteiger partial charge >= 0.3 is 5.97 Å². The number of ether oxygens (including phenoxy) is 1. The summed E-state index contributed by atoms with van der Waals surface area (Å²) in [6, 6.07) is 13.3. The van der Waals surface area contributed by atoms with Gasteiger partial charge in [0.25, 0.3) is 0 Å². The van der Waals surface area contributed by atoms with E-state index in [4.69, 9.17) is 9.15 Å². The highest BCUT2D eigenvalue weighted by atomic mass is 16.5. The van der Waals surface area contributed by atoms with Crippen molar-refractivity contribution in [3.63, 3.8) is 0 Å². The summed E-state index contributed by atoms with van der Waals surface area (Å²) in [5.41, 5.74) is 2.40. The van der Waals surface area contributed by atoms with Crippen LogP contribution in [0, 0.1) is 0 Å². The molecule has 1 aliphatic heterocycles. The number of hydrogen-bond acceptors (Lipinski definition) is 3. The molecule has 0 fully saturated rings. The first-order valence-electron chi connectivity index (χ1n) is 5.36. The van der Waals surface area contributed by atoms with Crippen LogP contribution in [0.4, 0.5) is 0 Å². The summed E-state index contributed by atoms with van der Waals surface area (Å²) in [6.07, 6.45) is 1.55. The van der Waals surface area contributed by atoms with E-state index in [0.717, 1.165) is 11.1 Å². The van der Waals surface area contributed by atoms with E-state index in [9.17, 15) is 4.79 Å².